The van der Waals surface area contributed by atoms with Crippen molar-refractivity contribution in [2.45, 2.75) is 12.5 Å². The first-order valence-electron chi connectivity index (χ1n) is 6.07. The zero-order valence-corrected chi connectivity index (χ0v) is 12.0. The van der Waals surface area contributed by atoms with E-state index in [1.54, 1.807) is 18.1 Å². The van der Waals surface area contributed by atoms with Gasteiger partial charge in [0.1, 0.15) is 0 Å². The molecule has 0 saturated carbocycles. The number of nitrogens with zero attached hydrogens (tertiary/aromatic N) is 1. The van der Waals surface area contributed by atoms with Gasteiger partial charge in [-0.2, -0.15) is 0 Å². The summed E-state index contributed by atoms with van der Waals surface area (Å²) in [7, 11) is 1.60. The second-order valence-electron chi connectivity index (χ2n) is 4.12. The van der Waals surface area contributed by atoms with Crippen LogP contribution in [0.3, 0.4) is 0 Å². The van der Waals surface area contributed by atoms with Crippen LogP contribution in [0.15, 0.2) is 12.7 Å². The number of hydrogen-bond donors (Lipinski definition) is 2. The van der Waals surface area contributed by atoms with Crippen LogP contribution in [0.5, 0.6) is 0 Å². The molecule has 1 fully saturated rings. The molecule has 1 aliphatic rings. The van der Waals surface area contributed by atoms with Crippen molar-refractivity contribution in [1.82, 2.24) is 15.5 Å². The van der Waals surface area contributed by atoms with Crippen molar-refractivity contribution >= 4 is 24.2 Å². The molecule has 7 heteroatoms. The maximum atomic E-state index is 12.0. The van der Waals surface area contributed by atoms with Crippen LogP contribution in [0.4, 0.5) is 0 Å². The molecule has 1 atom stereocenters. The summed E-state index contributed by atoms with van der Waals surface area (Å²) in [6.45, 7) is 6.39. The first kappa shape index (κ1) is 17.9. The van der Waals surface area contributed by atoms with E-state index in [0.717, 1.165) is 0 Å². The van der Waals surface area contributed by atoms with Gasteiger partial charge in [-0.1, -0.05) is 6.08 Å². The molecule has 0 aliphatic carbocycles. The summed E-state index contributed by atoms with van der Waals surface area (Å²) in [5.41, 5.74) is 0. The van der Waals surface area contributed by atoms with E-state index >= 15 is 0 Å². The Morgan fingerprint density at radius 3 is 3.05 bits per heavy atom. The molecule has 0 aromatic rings. The van der Waals surface area contributed by atoms with Gasteiger partial charge in [0.15, 0.2) is 0 Å². The van der Waals surface area contributed by atoms with Crippen LogP contribution >= 0.6 is 12.4 Å². The zero-order valence-electron chi connectivity index (χ0n) is 11.2. The van der Waals surface area contributed by atoms with E-state index in [1.807, 2.05) is 0 Å². The highest BCUT2D eigenvalue weighted by molar-refractivity contribution is 5.88. The molecule has 1 unspecified atom stereocenters. The second kappa shape index (κ2) is 9.77. The molecule has 0 spiro atoms. The van der Waals surface area contributed by atoms with Crippen molar-refractivity contribution in [2.75, 3.05) is 39.9 Å². The smallest absolute Gasteiger partial charge is 0.240 e. The molecule has 1 saturated heterocycles. The van der Waals surface area contributed by atoms with Crippen LogP contribution in [-0.2, 0) is 14.3 Å². The number of piperazine rings is 1. The summed E-state index contributed by atoms with van der Waals surface area (Å²) in [5.74, 6) is -0.179. The molecule has 2 N–H and O–H groups in total. The lowest BCUT2D eigenvalue weighted by molar-refractivity contribution is -0.138. The highest BCUT2D eigenvalue weighted by Gasteiger charge is 2.29. The molecule has 1 heterocycles. The third kappa shape index (κ3) is 6.04. The standard InChI is InChI=1S/C12H21N3O3.ClH/c1-3-4-14-11(16)9-10-12(17)15(6-5-13-10)7-8-18-2;/h3,10,13H,1,4-9H2,2H3,(H,14,16);1H. The molecule has 0 bridgehead atoms. The van der Waals surface area contributed by atoms with Crippen LogP contribution in [0.1, 0.15) is 6.42 Å². The summed E-state index contributed by atoms with van der Waals surface area (Å²) in [4.78, 5) is 25.3. The van der Waals surface area contributed by atoms with Gasteiger partial charge in [0, 0.05) is 33.3 Å². The predicted octanol–water partition coefficient (Wildman–Crippen LogP) is -0.453. The lowest BCUT2D eigenvalue weighted by Gasteiger charge is -2.32. The van der Waals surface area contributed by atoms with E-state index < -0.39 is 6.04 Å². The van der Waals surface area contributed by atoms with E-state index in [4.69, 9.17) is 4.74 Å². The Hall–Kier alpha value is -1.11. The zero-order chi connectivity index (χ0) is 13.4. The molecule has 1 aliphatic heterocycles. The fourth-order valence-corrected chi connectivity index (χ4v) is 1.82. The lowest BCUT2D eigenvalue weighted by Crippen LogP contribution is -2.56. The molecule has 19 heavy (non-hydrogen) atoms. The summed E-state index contributed by atoms with van der Waals surface area (Å²) in [6, 6.07) is -0.430. The van der Waals surface area contributed by atoms with E-state index in [9.17, 15) is 9.59 Å². The van der Waals surface area contributed by atoms with Gasteiger partial charge in [0.2, 0.25) is 11.8 Å². The van der Waals surface area contributed by atoms with Crippen LogP contribution < -0.4 is 10.6 Å². The van der Waals surface area contributed by atoms with Gasteiger partial charge >= 0.3 is 0 Å². The third-order valence-corrected chi connectivity index (χ3v) is 2.78. The number of carbonyl (C=O) groups excluding carboxylic acids is 2. The fraction of sp³-hybridized carbons (Fsp3) is 0.667. The van der Waals surface area contributed by atoms with Gasteiger partial charge in [0.25, 0.3) is 0 Å². The first-order chi connectivity index (χ1) is 8.69. The molecule has 0 aromatic heterocycles. The minimum absolute atomic E-state index is 0. The van der Waals surface area contributed by atoms with Crippen molar-refractivity contribution in [1.29, 1.82) is 0 Å². The van der Waals surface area contributed by atoms with Crippen LogP contribution in [-0.4, -0.2) is 62.7 Å². The number of halogens is 1. The summed E-state index contributed by atoms with van der Waals surface area (Å²) >= 11 is 0. The number of carbonyl (C=O) groups is 2. The van der Waals surface area contributed by atoms with Crippen molar-refractivity contribution in [3.8, 4) is 0 Å². The number of rotatable bonds is 7. The maximum absolute atomic E-state index is 12.0. The van der Waals surface area contributed by atoms with Gasteiger partial charge in [-0.25, -0.2) is 0 Å². The number of hydrogen-bond acceptors (Lipinski definition) is 4. The molecular weight excluding hydrogens is 270 g/mol. The maximum Gasteiger partial charge on any atom is 0.240 e. The van der Waals surface area contributed by atoms with E-state index in [1.165, 1.54) is 0 Å². The van der Waals surface area contributed by atoms with E-state index in [-0.39, 0.29) is 30.6 Å². The second-order valence-corrected chi connectivity index (χ2v) is 4.12. The lowest BCUT2D eigenvalue weighted by atomic mass is 10.1. The van der Waals surface area contributed by atoms with Crippen LogP contribution in [0.2, 0.25) is 0 Å². The number of ether oxygens (including phenoxy) is 1. The number of nitrogens with one attached hydrogen (secondary N) is 2. The Bertz CT molecular complexity index is 313. The van der Waals surface area contributed by atoms with Crippen molar-refractivity contribution in [2.24, 2.45) is 0 Å². The molecular formula is C12H22ClN3O3. The monoisotopic (exact) mass is 291 g/mol. The first-order valence-corrected chi connectivity index (χ1v) is 6.07. The largest absolute Gasteiger partial charge is 0.383 e. The third-order valence-electron chi connectivity index (χ3n) is 2.78. The highest BCUT2D eigenvalue weighted by atomic mass is 35.5. The minimum atomic E-state index is -0.430. The van der Waals surface area contributed by atoms with Gasteiger partial charge in [-0.05, 0) is 0 Å². The van der Waals surface area contributed by atoms with Crippen LogP contribution in [0.25, 0.3) is 0 Å². The van der Waals surface area contributed by atoms with Crippen molar-refractivity contribution < 1.29 is 14.3 Å². The Morgan fingerprint density at radius 2 is 2.42 bits per heavy atom. The molecule has 0 radical (unpaired) electrons. The quantitative estimate of drug-likeness (QED) is 0.623. The summed E-state index contributed by atoms with van der Waals surface area (Å²) in [6.07, 6.45) is 1.77. The molecule has 110 valence electrons. The molecule has 1 rings (SSSR count). The molecule has 6 nitrogen and oxygen atoms in total. The molecule has 2 amide bonds. The average molecular weight is 292 g/mol. The summed E-state index contributed by atoms with van der Waals surface area (Å²) in [5, 5.41) is 5.73. The van der Waals surface area contributed by atoms with Crippen molar-refractivity contribution in [3.63, 3.8) is 0 Å². The topological polar surface area (TPSA) is 70.7 Å². The molecule has 0 aromatic carbocycles. The normalized spacial score (nSPS) is 18.7. The predicted molar refractivity (Wildman–Crippen MR) is 75.3 cm³/mol. The number of methoxy groups -OCH3 is 1. The minimum Gasteiger partial charge on any atom is -0.383 e. The van der Waals surface area contributed by atoms with Gasteiger partial charge in [0.05, 0.1) is 19.1 Å². The van der Waals surface area contributed by atoms with Crippen molar-refractivity contribution in [3.05, 3.63) is 12.7 Å². The van der Waals surface area contributed by atoms with Gasteiger partial charge in [-0.15, -0.1) is 19.0 Å². The summed E-state index contributed by atoms with van der Waals surface area (Å²) < 4.78 is 4.96. The van der Waals surface area contributed by atoms with E-state index in [2.05, 4.69) is 17.2 Å². The van der Waals surface area contributed by atoms with Gasteiger partial charge < -0.3 is 20.3 Å². The Morgan fingerprint density at radius 1 is 1.68 bits per heavy atom. The van der Waals surface area contributed by atoms with Gasteiger partial charge in [-0.3, -0.25) is 9.59 Å². The average Bonchev–Trinajstić information content (AvgIpc) is 2.37. The van der Waals surface area contributed by atoms with Crippen LogP contribution in [0, 0.1) is 0 Å². The fourth-order valence-electron chi connectivity index (χ4n) is 1.82. The highest BCUT2D eigenvalue weighted by Crippen LogP contribution is 2.05. The number of amides is 2. The SMILES string of the molecule is C=CCNC(=O)CC1NCCN(CCOC)C1=O.Cl. The Kier molecular flexibility index (Phi) is 9.20. The Balaban J connectivity index is 0.00000324. The Labute approximate surface area is 120 Å². The van der Waals surface area contributed by atoms with E-state index in [0.29, 0.717) is 32.8 Å².